The van der Waals surface area contributed by atoms with Crippen LogP contribution >= 0.6 is 0 Å². The summed E-state index contributed by atoms with van der Waals surface area (Å²) in [5.74, 6) is 1.64. The molecule has 0 aliphatic carbocycles. The Morgan fingerprint density at radius 1 is 1.14 bits per heavy atom. The first-order valence-corrected chi connectivity index (χ1v) is 11.0. The van der Waals surface area contributed by atoms with Gasteiger partial charge in [0.1, 0.15) is 5.75 Å². The summed E-state index contributed by atoms with van der Waals surface area (Å²) in [5, 5.41) is 0. The second kappa shape index (κ2) is 13.7. The highest BCUT2D eigenvalue weighted by Gasteiger charge is 2.26. The molecule has 29 heavy (non-hydrogen) atoms. The molecule has 1 heterocycles. The van der Waals surface area contributed by atoms with E-state index in [4.69, 9.17) is 23.6 Å². The van der Waals surface area contributed by atoms with Crippen LogP contribution in [0.25, 0.3) is 0 Å². The van der Waals surface area contributed by atoms with Crippen LogP contribution in [0, 0.1) is 0 Å². The van der Waals surface area contributed by atoms with Crippen molar-refractivity contribution in [1.29, 1.82) is 0 Å². The highest BCUT2D eigenvalue weighted by molar-refractivity contribution is 6.52. The first kappa shape index (κ1) is 23.8. The molecule has 5 nitrogen and oxygen atoms in total. The zero-order valence-corrected chi connectivity index (χ0v) is 18.4. The SMILES string of the molecule is C=C(C[C@H]1CCO[C@@H](OCc2ccc(OC)cc2)O1)OB(CCCC)CCCC. The average molecular weight is 404 g/mol. The molecule has 0 N–H and O–H groups in total. The van der Waals surface area contributed by atoms with E-state index in [0.717, 1.165) is 36.1 Å². The Bertz CT molecular complexity index is 569. The number of benzene rings is 1. The molecule has 0 unspecified atom stereocenters. The maximum absolute atomic E-state index is 6.18. The highest BCUT2D eigenvalue weighted by atomic mass is 16.8. The summed E-state index contributed by atoms with van der Waals surface area (Å²) in [6.45, 7) is 9.23. The third-order valence-corrected chi connectivity index (χ3v) is 5.09. The van der Waals surface area contributed by atoms with Gasteiger partial charge in [-0.3, -0.25) is 0 Å². The van der Waals surface area contributed by atoms with Gasteiger partial charge in [0.2, 0.25) is 0 Å². The number of ether oxygens (including phenoxy) is 4. The molecule has 0 radical (unpaired) electrons. The van der Waals surface area contributed by atoms with E-state index in [1.54, 1.807) is 7.11 Å². The van der Waals surface area contributed by atoms with Gasteiger partial charge in [-0.05, 0) is 36.8 Å². The summed E-state index contributed by atoms with van der Waals surface area (Å²) in [5.41, 5.74) is 1.04. The maximum Gasteiger partial charge on any atom is 0.357 e. The number of unbranched alkanes of at least 4 members (excludes halogenated alkanes) is 2. The topological polar surface area (TPSA) is 46.2 Å². The van der Waals surface area contributed by atoms with Gasteiger partial charge >= 0.3 is 6.92 Å². The van der Waals surface area contributed by atoms with Crippen LogP contribution in [0.3, 0.4) is 0 Å². The van der Waals surface area contributed by atoms with Gasteiger partial charge in [0, 0.05) is 6.42 Å². The molecule has 2 atom stereocenters. The Hall–Kier alpha value is -1.50. The fraction of sp³-hybridized carbons (Fsp3) is 0.652. The Morgan fingerprint density at radius 2 is 1.83 bits per heavy atom. The maximum atomic E-state index is 6.18. The smallest absolute Gasteiger partial charge is 0.357 e. The minimum absolute atomic E-state index is 0.00937. The van der Waals surface area contributed by atoms with E-state index in [2.05, 4.69) is 20.4 Å². The van der Waals surface area contributed by atoms with Gasteiger partial charge in [-0.15, -0.1) is 0 Å². The molecule has 162 valence electrons. The van der Waals surface area contributed by atoms with Crippen LogP contribution < -0.4 is 4.74 Å². The summed E-state index contributed by atoms with van der Waals surface area (Å²) in [6, 6.07) is 7.78. The van der Waals surface area contributed by atoms with E-state index < -0.39 is 6.48 Å². The van der Waals surface area contributed by atoms with Crippen LogP contribution in [-0.4, -0.2) is 33.2 Å². The molecule has 0 amide bonds. The van der Waals surface area contributed by atoms with E-state index >= 15 is 0 Å². The average Bonchev–Trinajstić information content (AvgIpc) is 2.74. The van der Waals surface area contributed by atoms with Gasteiger partial charge < -0.3 is 23.6 Å². The van der Waals surface area contributed by atoms with Gasteiger partial charge in [0.05, 0.1) is 32.2 Å². The van der Waals surface area contributed by atoms with Gasteiger partial charge in [0.15, 0.2) is 0 Å². The minimum Gasteiger partial charge on any atom is -0.564 e. The number of rotatable bonds is 14. The van der Waals surface area contributed by atoms with E-state index in [9.17, 15) is 0 Å². The molecule has 0 bridgehead atoms. The van der Waals surface area contributed by atoms with Crippen molar-refractivity contribution in [2.24, 2.45) is 0 Å². The molecule has 1 aromatic carbocycles. The van der Waals surface area contributed by atoms with Gasteiger partial charge in [-0.1, -0.05) is 58.2 Å². The number of hydrogen-bond acceptors (Lipinski definition) is 5. The zero-order valence-electron chi connectivity index (χ0n) is 18.4. The molecule has 1 aliphatic heterocycles. The molecule has 0 aromatic heterocycles. The van der Waals surface area contributed by atoms with Crippen molar-refractivity contribution in [1.82, 2.24) is 0 Å². The molecule has 6 heteroatoms. The van der Waals surface area contributed by atoms with E-state index in [0.29, 0.717) is 19.6 Å². The van der Waals surface area contributed by atoms with Crippen LogP contribution in [0.15, 0.2) is 36.6 Å². The fourth-order valence-corrected chi connectivity index (χ4v) is 3.35. The van der Waals surface area contributed by atoms with Crippen molar-refractivity contribution in [2.75, 3.05) is 13.7 Å². The molecular weight excluding hydrogens is 367 g/mol. The lowest BCUT2D eigenvalue weighted by Crippen LogP contribution is -2.34. The van der Waals surface area contributed by atoms with Gasteiger partial charge in [-0.25, -0.2) is 0 Å². The van der Waals surface area contributed by atoms with Crippen LogP contribution in [0.1, 0.15) is 57.9 Å². The summed E-state index contributed by atoms with van der Waals surface area (Å²) in [6.07, 6.45) is 8.46. The Balaban J connectivity index is 1.74. The molecule has 1 fully saturated rings. The summed E-state index contributed by atoms with van der Waals surface area (Å²) < 4.78 is 28.7. The second-order valence-corrected chi connectivity index (χ2v) is 7.63. The van der Waals surface area contributed by atoms with Crippen molar-refractivity contribution in [2.45, 2.75) is 84.2 Å². The first-order chi connectivity index (χ1) is 14.1. The molecular formula is C23H37BO5. The minimum atomic E-state index is -0.653. The van der Waals surface area contributed by atoms with Crippen LogP contribution in [0.4, 0.5) is 0 Å². The summed E-state index contributed by atoms with van der Waals surface area (Å²) >= 11 is 0. The predicted octanol–water partition coefficient (Wildman–Crippen LogP) is 5.81. The lowest BCUT2D eigenvalue weighted by Gasteiger charge is -2.30. The van der Waals surface area contributed by atoms with Crippen LogP contribution in [-0.2, 0) is 25.5 Å². The third kappa shape index (κ3) is 9.24. The fourth-order valence-electron chi connectivity index (χ4n) is 3.35. The van der Waals surface area contributed by atoms with Gasteiger partial charge in [-0.2, -0.15) is 0 Å². The molecule has 1 aliphatic rings. The van der Waals surface area contributed by atoms with Crippen molar-refractivity contribution >= 4 is 6.92 Å². The Kier molecular flexibility index (Phi) is 11.2. The predicted molar refractivity (Wildman–Crippen MR) is 117 cm³/mol. The normalized spacial score (nSPS) is 19.0. The van der Waals surface area contributed by atoms with Crippen molar-refractivity contribution in [3.8, 4) is 5.75 Å². The summed E-state index contributed by atoms with van der Waals surface area (Å²) in [7, 11) is 1.66. The zero-order chi connectivity index (χ0) is 20.9. The van der Waals surface area contributed by atoms with Crippen molar-refractivity contribution < 1.29 is 23.6 Å². The van der Waals surface area contributed by atoms with Crippen molar-refractivity contribution in [3.05, 3.63) is 42.2 Å². The molecule has 1 aromatic rings. The number of hydrogen-bond donors (Lipinski definition) is 0. The molecule has 0 saturated carbocycles. The second-order valence-electron chi connectivity index (χ2n) is 7.63. The van der Waals surface area contributed by atoms with Gasteiger partial charge in [0.25, 0.3) is 6.48 Å². The Morgan fingerprint density at radius 3 is 2.45 bits per heavy atom. The Labute approximate surface area is 176 Å². The van der Waals surface area contributed by atoms with Crippen LogP contribution in [0.5, 0.6) is 5.75 Å². The van der Waals surface area contributed by atoms with Crippen LogP contribution in [0.2, 0.25) is 12.6 Å². The summed E-state index contributed by atoms with van der Waals surface area (Å²) in [4.78, 5) is 0. The van der Waals surface area contributed by atoms with E-state index in [1.165, 1.54) is 25.7 Å². The lowest BCUT2D eigenvalue weighted by atomic mass is 9.59. The monoisotopic (exact) mass is 404 g/mol. The van der Waals surface area contributed by atoms with E-state index in [1.807, 2.05) is 24.3 Å². The molecule has 1 saturated heterocycles. The van der Waals surface area contributed by atoms with Crippen molar-refractivity contribution in [3.63, 3.8) is 0 Å². The first-order valence-electron chi connectivity index (χ1n) is 11.0. The largest absolute Gasteiger partial charge is 0.564 e. The lowest BCUT2D eigenvalue weighted by molar-refractivity contribution is -0.334. The molecule has 0 spiro atoms. The molecule has 2 rings (SSSR count). The quantitative estimate of drug-likeness (QED) is 0.289. The number of methoxy groups -OCH3 is 1. The van der Waals surface area contributed by atoms with E-state index in [-0.39, 0.29) is 13.0 Å². The standard InChI is InChI=1S/C23H37BO5/c1-5-7-14-24(15-8-6-2)29-19(3)17-22-13-16-26-23(28-22)27-18-20-9-11-21(25-4)12-10-20/h9-12,22-23H,3,5-8,13-18H2,1-2,4H3/t22-,23+/m1/s1. The third-order valence-electron chi connectivity index (χ3n) is 5.09. The highest BCUT2D eigenvalue weighted by Crippen LogP contribution is 2.23.